The molecule has 0 aliphatic heterocycles. The van der Waals surface area contributed by atoms with Crippen molar-refractivity contribution in [2.45, 2.75) is 19.9 Å². The first-order valence-electron chi connectivity index (χ1n) is 7.62. The van der Waals surface area contributed by atoms with E-state index in [0.717, 1.165) is 5.69 Å². The average molecular weight is 374 g/mol. The molecule has 1 N–H and O–H groups in total. The fourth-order valence-corrected chi connectivity index (χ4v) is 4.08. The van der Waals surface area contributed by atoms with Crippen LogP contribution in [0.1, 0.15) is 18.4 Å². The lowest BCUT2D eigenvalue weighted by Gasteiger charge is -2.13. The first-order valence-corrected chi connectivity index (χ1v) is 9.32. The number of thiophene rings is 1. The molecule has 0 unspecified atom stereocenters. The molecule has 0 fully saturated rings. The van der Waals surface area contributed by atoms with Gasteiger partial charge in [-0.3, -0.25) is 9.59 Å². The Balaban J connectivity index is 1.69. The van der Waals surface area contributed by atoms with Crippen LogP contribution in [0.4, 0.5) is 5.13 Å². The molecule has 4 aromatic heterocycles. The Morgan fingerprint density at radius 1 is 1.32 bits per heavy atom. The molecule has 25 heavy (non-hydrogen) atoms. The fourth-order valence-electron chi connectivity index (χ4n) is 2.47. The molecular formula is C15H14N6O2S2. The minimum atomic E-state index is -0.191. The quantitative estimate of drug-likeness (QED) is 0.583. The zero-order valence-electron chi connectivity index (χ0n) is 13.5. The van der Waals surface area contributed by atoms with E-state index < -0.39 is 0 Å². The molecule has 0 atom stereocenters. The second-order valence-corrected chi connectivity index (χ2v) is 7.37. The van der Waals surface area contributed by atoms with Crippen molar-refractivity contribution < 1.29 is 0 Å². The molecule has 8 nitrogen and oxygen atoms in total. The van der Waals surface area contributed by atoms with E-state index in [0.29, 0.717) is 39.1 Å². The zero-order chi connectivity index (χ0) is 17.6. The summed E-state index contributed by atoms with van der Waals surface area (Å²) >= 11 is 2.70. The van der Waals surface area contributed by atoms with Gasteiger partial charge in [-0.15, -0.1) is 16.4 Å². The lowest BCUT2D eigenvalue weighted by atomic mass is 10.3. The molecule has 0 aliphatic carbocycles. The predicted molar refractivity (Wildman–Crippen MR) is 98.9 cm³/mol. The minimum Gasteiger partial charge on any atom is -0.342 e. The largest absolute Gasteiger partial charge is 0.342 e. The summed E-state index contributed by atoms with van der Waals surface area (Å²) in [7, 11) is 1.83. The van der Waals surface area contributed by atoms with E-state index >= 15 is 0 Å². The van der Waals surface area contributed by atoms with Gasteiger partial charge in [0.25, 0.3) is 11.1 Å². The van der Waals surface area contributed by atoms with Crippen molar-refractivity contribution in [1.29, 1.82) is 0 Å². The molecule has 0 aliphatic rings. The maximum Gasteiger partial charge on any atom is 0.275 e. The number of anilines is 1. The van der Waals surface area contributed by atoms with Crippen molar-refractivity contribution in [3.05, 3.63) is 49.7 Å². The van der Waals surface area contributed by atoms with E-state index in [9.17, 15) is 9.59 Å². The van der Waals surface area contributed by atoms with E-state index in [1.54, 1.807) is 0 Å². The second kappa shape index (κ2) is 6.05. The van der Waals surface area contributed by atoms with E-state index in [-0.39, 0.29) is 11.1 Å². The number of rotatable bonds is 4. The van der Waals surface area contributed by atoms with E-state index in [4.69, 9.17) is 0 Å². The van der Waals surface area contributed by atoms with E-state index in [1.807, 2.05) is 30.3 Å². The lowest BCUT2D eigenvalue weighted by Crippen LogP contribution is -2.22. The number of nitrogens with zero attached hydrogens (tertiary/aromatic N) is 5. The Bertz CT molecular complexity index is 1190. The van der Waals surface area contributed by atoms with Gasteiger partial charge in [0.05, 0.1) is 12.1 Å². The molecule has 0 bridgehead atoms. The smallest absolute Gasteiger partial charge is 0.275 e. The molecule has 0 spiro atoms. The van der Waals surface area contributed by atoms with Gasteiger partial charge in [0.15, 0.2) is 0 Å². The van der Waals surface area contributed by atoms with Gasteiger partial charge in [0, 0.05) is 18.8 Å². The highest BCUT2D eigenvalue weighted by atomic mass is 32.1. The summed E-state index contributed by atoms with van der Waals surface area (Å²) in [5, 5.41) is 6.80. The second-order valence-electron chi connectivity index (χ2n) is 5.52. The lowest BCUT2D eigenvalue weighted by molar-refractivity contribution is 0.805. The number of H-pyrrole nitrogens is 1. The summed E-state index contributed by atoms with van der Waals surface area (Å²) in [6.45, 7) is 2.32. The van der Waals surface area contributed by atoms with Crippen molar-refractivity contribution in [1.82, 2.24) is 24.6 Å². The standard InChI is InChI=1S/C15H14N6O2S2/c1-3-8-6-11(22)21-14(16-8)25-15(19-21)20(2)7-10-17-9-4-5-24-12(9)13(23)18-10/h4-6H,3,7H2,1-2H3,(H,17,18,23). The highest BCUT2D eigenvalue weighted by molar-refractivity contribution is 7.20. The molecular weight excluding hydrogens is 360 g/mol. The predicted octanol–water partition coefficient (Wildman–Crippen LogP) is 1.65. The van der Waals surface area contributed by atoms with Crippen molar-refractivity contribution in [3.63, 3.8) is 0 Å². The highest BCUT2D eigenvalue weighted by Crippen LogP contribution is 2.22. The number of aromatic amines is 1. The normalized spacial score (nSPS) is 11.4. The number of aryl methyl sites for hydroxylation is 1. The maximum atomic E-state index is 12.1. The van der Waals surface area contributed by atoms with Crippen LogP contribution in [-0.4, -0.2) is 31.6 Å². The Hall–Kier alpha value is -2.59. The number of aromatic nitrogens is 5. The molecule has 4 aromatic rings. The summed E-state index contributed by atoms with van der Waals surface area (Å²) in [5.74, 6) is 0.548. The molecule has 0 saturated carbocycles. The van der Waals surface area contributed by atoms with Crippen LogP contribution in [0.5, 0.6) is 0 Å². The summed E-state index contributed by atoms with van der Waals surface area (Å²) in [6, 6.07) is 3.33. The molecule has 0 radical (unpaired) electrons. The zero-order valence-corrected chi connectivity index (χ0v) is 15.1. The summed E-state index contributed by atoms with van der Waals surface area (Å²) in [6.07, 6.45) is 0.695. The Morgan fingerprint density at radius 2 is 2.16 bits per heavy atom. The average Bonchev–Trinajstić information content (AvgIpc) is 3.21. The van der Waals surface area contributed by atoms with Gasteiger partial charge in [0.2, 0.25) is 10.1 Å². The van der Waals surface area contributed by atoms with Crippen LogP contribution < -0.4 is 16.0 Å². The number of hydrogen-bond donors (Lipinski definition) is 1. The van der Waals surface area contributed by atoms with Crippen LogP contribution in [0.15, 0.2) is 27.1 Å². The van der Waals surface area contributed by atoms with Crippen LogP contribution >= 0.6 is 22.7 Å². The van der Waals surface area contributed by atoms with Gasteiger partial charge in [-0.2, -0.15) is 4.52 Å². The number of nitrogens with one attached hydrogen (secondary N) is 1. The minimum absolute atomic E-state index is 0.141. The molecule has 128 valence electrons. The summed E-state index contributed by atoms with van der Waals surface area (Å²) in [5.41, 5.74) is 1.10. The van der Waals surface area contributed by atoms with Crippen LogP contribution in [0.2, 0.25) is 0 Å². The molecule has 0 aromatic carbocycles. The van der Waals surface area contributed by atoms with Crippen LogP contribution in [0.25, 0.3) is 15.2 Å². The van der Waals surface area contributed by atoms with Crippen molar-refractivity contribution in [2.75, 3.05) is 11.9 Å². The monoisotopic (exact) mass is 374 g/mol. The SMILES string of the molecule is CCc1cc(=O)n2nc(N(C)Cc3nc4ccsc4c(=O)[nH]3)sc2n1. The van der Waals surface area contributed by atoms with Gasteiger partial charge in [-0.1, -0.05) is 18.3 Å². The van der Waals surface area contributed by atoms with Crippen molar-refractivity contribution in [3.8, 4) is 0 Å². The van der Waals surface area contributed by atoms with Gasteiger partial charge >= 0.3 is 0 Å². The maximum absolute atomic E-state index is 12.1. The van der Waals surface area contributed by atoms with E-state index in [1.165, 1.54) is 33.3 Å². The van der Waals surface area contributed by atoms with Gasteiger partial charge in [-0.25, -0.2) is 9.97 Å². The Morgan fingerprint density at radius 3 is 2.96 bits per heavy atom. The van der Waals surface area contributed by atoms with Crippen LogP contribution in [0, 0.1) is 0 Å². The number of hydrogen-bond acceptors (Lipinski definition) is 8. The topological polar surface area (TPSA) is 96.3 Å². The van der Waals surface area contributed by atoms with Crippen LogP contribution in [-0.2, 0) is 13.0 Å². The highest BCUT2D eigenvalue weighted by Gasteiger charge is 2.14. The molecule has 4 rings (SSSR count). The van der Waals surface area contributed by atoms with Crippen molar-refractivity contribution in [2.24, 2.45) is 0 Å². The summed E-state index contributed by atoms with van der Waals surface area (Å²) in [4.78, 5) is 38.3. The fraction of sp³-hybridized carbons (Fsp3) is 0.267. The molecule has 10 heteroatoms. The third kappa shape index (κ3) is 2.83. The third-order valence-electron chi connectivity index (χ3n) is 3.73. The Kier molecular flexibility index (Phi) is 3.85. The van der Waals surface area contributed by atoms with Crippen LogP contribution in [0.3, 0.4) is 0 Å². The Labute approximate surface area is 149 Å². The molecule has 4 heterocycles. The number of fused-ring (bicyclic) bond motifs is 2. The van der Waals surface area contributed by atoms with Crippen molar-refractivity contribution >= 4 is 43.0 Å². The van der Waals surface area contributed by atoms with E-state index in [2.05, 4.69) is 20.1 Å². The first-order chi connectivity index (χ1) is 12.0. The molecule has 0 amide bonds. The van der Waals surface area contributed by atoms with Gasteiger partial charge < -0.3 is 9.88 Å². The van der Waals surface area contributed by atoms with Gasteiger partial charge in [-0.05, 0) is 17.9 Å². The summed E-state index contributed by atoms with van der Waals surface area (Å²) < 4.78 is 1.92. The third-order valence-corrected chi connectivity index (χ3v) is 5.65. The first kappa shape index (κ1) is 15.9. The molecule has 0 saturated heterocycles. The van der Waals surface area contributed by atoms with Gasteiger partial charge in [0.1, 0.15) is 10.5 Å².